The van der Waals surface area contributed by atoms with E-state index in [0.29, 0.717) is 0 Å². The Morgan fingerprint density at radius 3 is 3.00 bits per heavy atom. The number of imidazole rings is 1. The van der Waals surface area contributed by atoms with Gasteiger partial charge in [0.15, 0.2) is 0 Å². The summed E-state index contributed by atoms with van der Waals surface area (Å²) in [6.45, 7) is 4.99. The molecule has 3 heteroatoms. The first-order chi connectivity index (χ1) is 8.29. The summed E-state index contributed by atoms with van der Waals surface area (Å²) in [4.78, 5) is 4.27. The number of hydrogen-bond donors (Lipinski definition) is 0. The van der Waals surface area contributed by atoms with Gasteiger partial charge in [0.1, 0.15) is 5.75 Å². The van der Waals surface area contributed by atoms with Gasteiger partial charge in [-0.2, -0.15) is 0 Å². The molecule has 0 atom stereocenters. The van der Waals surface area contributed by atoms with Crippen molar-refractivity contribution < 1.29 is 4.74 Å². The molecule has 1 aromatic heterocycles. The number of aromatic nitrogens is 2. The molecule has 0 unspecified atom stereocenters. The van der Waals surface area contributed by atoms with E-state index in [9.17, 15) is 0 Å². The van der Waals surface area contributed by atoms with Crippen LogP contribution in [0.15, 0.2) is 24.7 Å². The highest BCUT2D eigenvalue weighted by Gasteiger charge is 2.20. The summed E-state index contributed by atoms with van der Waals surface area (Å²) in [6.07, 6.45) is 5.97. The summed E-state index contributed by atoms with van der Waals surface area (Å²) in [5.41, 5.74) is 4.90. The van der Waals surface area contributed by atoms with Gasteiger partial charge in [0, 0.05) is 18.2 Å². The van der Waals surface area contributed by atoms with Gasteiger partial charge in [-0.25, -0.2) is 4.98 Å². The van der Waals surface area contributed by atoms with Gasteiger partial charge in [-0.3, -0.25) is 0 Å². The van der Waals surface area contributed by atoms with Gasteiger partial charge in [0.2, 0.25) is 0 Å². The van der Waals surface area contributed by atoms with Crippen LogP contribution in [0, 0.1) is 6.92 Å². The maximum atomic E-state index is 5.79. The lowest BCUT2D eigenvalue weighted by atomic mass is 10.0. The minimum atomic E-state index is 0.799. The van der Waals surface area contributed by atoms with E-state index in [1.807, 2.05) is 24.0 Å². The smallest absolute Gasteiger partial charge is 0.146 e. The first kappa shape index (κ1) is 10.4. The Hall–Kier alpha value is -1.77. The molecular formula is C14H16N2O. The zero-order chi connectivity index (χ0) is 11.8. The number of ether oxygens (including phenoxy) is 1. The minimum Gasteiger partial charge on any atom is -0.491 e. The molecule has 2 heterocycles. The molecule has 0 aliphatic carbocycles. The molecule has 0 N–H and O–H groups in total. The number of fused-ring (bicyclic) bond motifs is 1. The lowest BCUT2D eigenvalue weighted by Gasteiger charge is -2.11. The van der Waals surface area contributed by atoms with Crippen molar-refractivity contribution in [2.45, 2.75) is 26.7 Å². The topological polar surface area (TPSA) is 27.1 Å². The Morgan fingerprint density at radius 1 is 1.41 bits per heavy atom. The van der Waals surface area contributed by atoms with Crippen molar-refractivity contribution in [1.82, 2.24) is 9.55 Å². The van der Waals surface area contributed by atoms with E-state index >= 15 is 0 Å². The minimum absolute atomic E-state index is 0.799. The predicted octanol–water partition coefficient (Wildman–Crippen LogP) is 2.68. The highest BCUT2D eigenvalue weighted by Crippen LogP contribution is 2.35. The second kappa shape index (κ2) is 3.91. The summed E-state index contributed by atoms with van der Waals surface area (Å²) in [5.74, 6) is 1.04. The fourth-order valence-electron chi connectivity index (χ4n) is 2.43. The lowest BCUT2D eigenvalue weighted by Crippen LogP contribution is -1.97. The standard InChI is InChI=1S/C14H16N2O/c1-3-11-4-5-13(14-12(11)6-7-17-14)16-8-10(2)15-9-16/h4-5,8-9H,3,6-7H2,1-2H3. The van der Waals surface area contributed by atoms with Crippen molar-refractivity contribution >= 4 is 0 Å². The van der Waals surface area contributed by atoms with Crippen LogP contribution in [0.4, 0.5) is 0 Å². The molecule has 2 aromatic rings. The zero-order valence-corrected chi connectivity index (χ0v) is 10.2. The molecule has 1 aromatic carbocycles. The normalized spacial score (nSPS) is 13.5. The third kappa shape index (κ3) is 1.62. The van der Waals surface area contributed by atoms with Crippen LogP contribution in [0.3, 0.4) is 0 Å². The van der Waals surface area contributed by atoms with Crippen LogP contribution in [0.1, 0.15) is 23.7 Å². The molecule has 1 aliphatic rings. The van der Waals surface area contributed by atoms with Gasteiger partial charge in [0.05, 0.1) is 24.3 Å². The van der Waals surface area contributed by atoms with Crippen molar-refractivity contribution in [2.24, 2.45) is 0 Å². The second-order valence-corrected chi connectivity index (χ2v) is 4.43. The zero-order valence-electron chi connectivity index (χ0n) is 10.2. The third-order valence-corrected chi connectivity index (χ3v) is 3.31. The van der Waals surface area contributed by atoms with Crippen LogP contribution in [-0.4, -0.2) is 16.2 Å². The van der Waals surface area contributed by atoms with Gasteiger partial charge in [-0.05, 0) is 25.0 Å². The first-order valence-corrected chi connectivity index (χ1v) is 6.08. The molecule has 0 saturated heterocycles. The first-order valence-electron chi connectivity index (χ1n) is 6.08. The van der Waals surface area contributed by atoms with Gasteiger partial charge < -0.3 is 9.30 Å². The van der Waals surface area contributed by atoms with Crippen LogP contribution >= 0.6 is 0 Å². The summed E-state index contributed by atoms with van der Waals surface area (Å²) in [5, 5.41) is 0. The largest absolute Gasteiger partial charge is 0.491 e. The van der Waals surface area contributed by atoms with Gasteiger partial charge in [-0.1, -0.05) is 13.0 Å². The molecule has 0 bridgehead atoms. The van der Waals surface area contributed by atoms with E-state index in [0.717, 1.165) is 36.6 Å². The molecule has 17 heavy (non-hydrogen) atoms. The van der Waals surface area contributed by atoms with Crippen molar-refractivity contribution in [1.29, 1.82) is 0 Å². The van der Waals surface area contributed by atoms with E-state index in [2.05, 4.69) is 24.0 Å². The molecule has 0 fully saturated rings. The predicted molar refractivity (Wildman–Crippen MR) is 66.9 cm³/mol. The number of benzene rings is 1. The number of hydrogen-bond acceptors (Lipinski definition) is 2. The van der Waals surface area contributed by atoms with E-state index in [4.69, 9.17) is 4.74 Å². The number of nitrogens with zero attached hydrogens (tertiary/aromatic N) is 2. The van der Waals surface area contributed by atoms with Crippen LogP contribution in [0.25, 0.3) is 5.69 Å². The van der Waals surface area contributed by atoms with Gasteiger partial charge >= 0.3 is 0 Å². The van der Waals surface area contributed by atoms with Gasteiger partial charge in [0.25, 0.3) is 0 Å². The molecule has 0 radical (unpaired) electrons. The van der Waals surface area contributed by atoms with E-state index < -0.39 is 0 Å². The van der Waals surface area contributed by atoms with E-state index in [-0.39, 0.29) is 0 Å². The van der Waals surface area contributed by atoms with Crippen molar-refractivity contribution in [3.8, 4) is 11.4 Å². The molecular weight excluding hydrogens is 212 g/mol. The Balaban J connectivity index is 2.16. The quantitative estimate of drug-likeness (QED) is 0.790. The fraction of sp³-hybridized carbons (Fsp3) is 0.357. The van der Waals surface area contributed by atoms with Crippen LogP contribution in [0.2, 0.25) is 0 Å². The summed E-state index contributed by atoms with van der Waals surface area (Å²) >= 11 is 0. The van der Waals surface area contributed by atoms with Crippen molar-refractivity contribution in [3.63, 3.8) is 0 Å². The Kier molecular flexibility index (Phi) is 2.39. The molecule has 0 amide bonds. The monoisotopic (exact) mass is 228 g/mol. The van der Waals surface area contributed by atoms with Crippen LogP contribution in [-0.2, 0) is 12.8 Å². The Bertz CT molecular complexity index is 557. The summed E-state index contributed by atoms with van der Waals surface area (Å²) in [7, 11) is 0. The average molecular weight is 228 g/mol. The van der Waals surface area contributed by atoms with E-state index in [1.54, 1.807) is 0 Å². The molecule has 3 rings (SSSR count). The number of rotatable bonds is 2. The molecule has 0 saturated carbocycles. The summed E-state index contributed by atoms with van der Waals surface area (Å²) in [6, 6.07) is 4.34. The van der Waals surface area contributed by atoms with Crippen molar-refractivity contribution in [2.75, 3.05) is 6.61 Å². The fourth-order valence-corrected chi connectivity index (χ4v) is 2.43. The SMILES string of the molecule is CCc1ccc(-n2cnc(C)c2)c2c1CCO2. The summed E-state index contributed by atoms with van der Waals surface area (Å²) < 4.78 is 7.83. The van der Waals surface area contributed by atoms with Crippen LogP contribution in [0.5, 0.6) is 5.75 Å². The molecule has 88 valence electrons. The average Bonchev–Trinajstić information content (AvgIpc) is 2.96. The highest BCUT2D eigenvalue weighted by atomic mass is 16.5. The maximum absolute atomic E-state index is 5.79. The second-order valence-electron chi connectivity index (χ2n) is 4.43. The van der Waals surface area contributed by atoms with Crippen LogP contribution < -0.4 is 4.74 Å². The maximum Gasteiger partial charge on any atom is 0.146 e. The van der Waals surface area contributed by atoms with Crippen molar-refractivity contribution in [3.05, 3.63) is 41.5 Å². The molecule has 1 aliphatic heterocycles. The van der Waals surface area contributed by atoms with E-state index in [1.165, 1.54) is 11.1 Å². The highest BCUT2D eigenvalue weighted by molar-refractivity contribution is 5.57. The molecule has 3 nitrogen and oxygen atoms in total. The third-order valence-electron chi connectivity index (χ3n) is 3.31. The number of aryl methyl sites for hydroxylation is 2. The Morgan fingerprint density at radius 2 is 2.29 bits per heavy atom. The van der Waals surface area contributed by atoms with Gasteiger partial charge in [-0.15, -0.1) is 0 Å². The Labute approximate surface area is 101 Å². The molecule has 0 spiro atoms. The lowest BCUT2D eigenvalue weighted by molar-refractivity contribution is 0.355.